The highest BCUT2D eigenvalue weighted by Crippen LogP contribution is 2.27. The average molecular weight is 217 g/mol. The highest BCUT2D eigenvalue weighted by atomic mass is 16.5. The van der Waals surface area contributed by atoms with Crippen LogP contribution in [0.4, 0.5) is 0 Å². The Hall–Kier alpha value is -2.23. The number of hydrogen-bond acceptors (Lipinski definition) is 4. The molecule has 2 N–H and O–H groups in total. The van der Waals surface area contributed by atoms with Crippen molar-refractivity contribution in [1.29, 1.82) is 0 Å². The second-order valence-electron chi connectivity index (χ2n) is 3.30. The highest BCUT2D eigenvalue weighted by molar-refractivity contribution is 5.66. The summed E-state index contributed by atoms with van der Waals surface area (Å²) in [6.07, 6.45) is 0. The van der Waals surface area contributed by atoms with E-state index in [0.29, 0.717) is 5.56 Å². The number of benzene rings is 1. The van der Waals surface area contributed by atoms with E-state index >= 15 is 0 Å². The third-order valence-corrected chi connectivity index (χ3v) is 2.22. The number of ether oxygens (including phenoxy) is 1. The van der Waals surface area contributed by atoms with Crippen molar-refractivity contribution in [2.24, 2.45) is 0 Å². The van der Waals surface area contributed by atoms with Gasteiger partial charge in [-0.2, -0.15) is 4.98 Å². The quantitative estimate of drug-likeness (QED) is 0.809. The molecule has 1 heterocycles. The van der Waals surface area contributed by atoms with Gasteiger partial charge in [-0.25, -0.2) is 0 Å². The smallest absolute Gasteiger partial charge is 0.214 e. The Kier molecular flexibility index (Phi) is 2.64. The number of rotatable bonds is 2. The summed E-state index contributed by atoms with van der Waals surface area (Å²) in [6.45, 7) is 0. The zero-order valence-corrected chi connectivity index (χ0v) is 8.71. The van der Waals surface area contributed by atoms with Crippen LogP contribution < -0.4 is 4.74 Å². The molecule has 16 heavy (non-hydrogen) atoms. The third-order valence-electron chi connectivity index (χ3n) is 2.22. The van der Waals surface area contributed by atoms with E-state index in [1.807, 2.05) is 24.3 Å². The summed E-state index contributed by atoms with van der Waals surface area (Å²) in [5, 5.41) is 18.5. The van der Waals surface area contributed by atoms with Gasteiger partial charge in [0.2, 0.25) is 11.8 Å². The molecule has 4 heteroatoms. The van der Waals surface area contributed by atoms with E-state index in [2.05, 4.69) is 4.98 Å². The maximum atomic E-state index is 9.26. The van der Waals surface area contributed by atoms with E-state index in [0.717, 1.165) is 11.3 Å². The molecule has 0 unspecified atom stereocenters. The van der Waals surface area contributed by atoms with E-state index in [4.69, 9.17) is 4.74 Å². The predicted octanol–water partition coefficient (Wildman–Crippen LogP) is 2.17. The maximum absolute atomic E-state index is 9.26. The van der Waals surface area contributed by atoms with Crippen LogP contribution in [-0.2, 0) is 0 Å². The number of methoxy groups -OCH3 is 1. The largest absolute Gasteiger partial charge is 0.497 e. The molecule has 1 aromatic carbocycles. The zero-order valence-electron chi connectivity index (χ0n) is 8.71. The van der Waals surface area contributed by atoms with Gasteiger partial charge in [0.15, 0.2) is 0 Å². The molecular weight excluding hydrogens is 206 g/mol. The minimum Gasteiger partial charge on any atom is -0.497 e. The van der Waals surface area contributed by atoms with E-state index < -0.39 is 0 Å². The lowest BCUT2D eigenvalue weighted by Gasteiger charge is -2.04. The fourth-order valence-electron chi connectivity index (χ4n) is 1.45. The minimum atomic E-state index is -0.203. The second-order valence-corrected chi connectivity index (χ2v) is 3.30. The maximum Gasteiger partial charge on any atom is 0.214 e. The first-order chi connectivity index (χ1) is 7.69. The van der Waals surface area contributed by atoms with E-state index in [9.17, 15) is 10.2 Å². The van der Waals surface area contributed by atoms with Crippen LogP contribution in [0.15, 0.2) is 36.4 Å². The standard InChI is InChI=1S/C12H11NO3/c1-16-10-4-2-8(3-5-10)9-6-11(14)13-12(15)7-9/h2-7H,1H3,(H2,13,14,15). The van der Waals surface area contributed by atoms with Crippen molar-refractivity contribution in [3.8, 4) is 28.6 Å². The molecule has 0 saturated carbocycles. The van der Waals surface area contributed by atoms with E-state index in [1.165, 1.54) is 12.1 Å². The van der Waals surface area contributed by atoms with Gasteiger partial charge in [0.25, 0.3) is 0 Å². The summed E-state index contributed by atoms with van der Waals surface area (Å²) in [6, 6.07) is 10.3. The Bertz CT molecular complexity index is 474. The predicted molar refractivity (Wildman–Crippen MR) is 59.6 cm³/mol. The Labute approximate surface area is 92.8 Å². The molecule has 0 aliphatic rings. The summed E-state index contributed by atoms with van der Waals surface area (Å²) in [5.74, 6) is 0.350. The molecule has 4 nitrogen and oxygen atoms in total. The van der Waals surface area contributed by atoms with Crippen LogP contribution in [-0.4, -0.2) is 22.3 Å². The molecule has 0 amide bonds. The first-order valence-corrected chi connectivity index (χ1v) is 4.73. The number of nitrogens with zero attached hydrogens (tertiary/aromatic N) is 1. The molecule has 0 saturated heterocycles. The van der Waals surface area contributed by atoms with Crippen molar-refractivity contribution in [1.82, 2.24) is 4.98 Å². The molecule has 2 aromatic rings. The summed E-state index contributed by atoms with van der Waals surface area (Å²) in [7, 11) is 1.60. The molecule has 0 atom stereocenters. The average Bonchev–Trinajstić information content (AvgIpc) is 2.28. The van der Waals surface area contributed by atoms with Crippen molar-refractivity contribution in [3.05, 3.63) is 36.4 Å². The van der Waals surface area contributed by atoms with Gasteiger partial charge in [-0.3, -0.25) is 0 Å². The van der Waals surface area contributed by atoms with Crippen LogP contribution in [0, 0.1) is 0 Å². The first-order valence-electron chi connectivity index (χ1n) is 4.73. The molecular formula is C12H11NO3. The van der Waals surface area contributed by atoms with E-state index in [-0.39, 0.29) is 11.8 Å². The highest BCUT2D eigenvalue weighted by Gasteiger charge is 2.03. The van der Waals surface area contributed by atoms with Crippen molar-refractivity contribution in [3.63, 3.8) is 0 Å². The monoisotopic (exact) mass is 217 g/mol. The van der Waals surface area contributed by atoms with Gasteiger partial charge >= 0.3 is 0 Å². The van der Waals surface area contributed by atoms with Crippen LogP contribution in [0.5, 0.6) is 17.5 Å². The molecule has 0 aliphatic heterocycles. The molecule has 0 radical (unpaired) electrons. The molecule has 82 valence electrons. The summed E-state index contributed by atoms with van der Waals surface area (Å²) >= 11 is 0. The normalized spacial score (nSPS) is 10.1. The Morgan fingerprint density at radius 3 is 2.00 bits per heavy atom. The van der Waals surface area contributed by atoms with Gasteiger partial charge in [0.05, 0.1) is 7.11 Å². The van der Waals surface area contributed by atoms with Gasteiger partial charge in [-0.15, -0.1) is 0 Å². The van der Waals surface area contributed by atoms with Crippen molar-refractivity contribution >= 4 is 0 Å². The van der Waals surface area contributed by atoms with Crippen LogP contribution >= 0.6 is 0 Å². The molecule has 0 aliphatic carbocycles. The van der Waals surface area contributed by atoms with Gasteiger partial charge in [0.1, 0.15) is 5.75 Å². The lowest BCUT2D eigenvalue weighted by Crippen LogP contribution is -1.84. The zero-order chi connectivity index (χ0) is 11.5. The summed E-state index contributed by atoms with van der Waals surface area (Å²) in [4.78, 5) is 3.48. The summed E-state index contributed by atoms with van der Waals surface area (Å²) in [5.41, 5.74) is 1.57. The van der Waals surface area contributed by atoms with Gasteiger partial charge in [-0.05, 0) is 23.3 Å². The van der Waals surface area contributed by atoms with Crippen molar-refractivity contribution in [2.75, 3.05) is 7.11 Å². The van der Waals surface area contributed by atoms with Gasteiger partial charge in [0, 0.05) is 12.1 Å². The SMILES string of the molecule is COc1ccc(-c2cc(O)nc(O)c2)cc1. The van der Waals surface area contributed by atoms with Crippen molar-refractivity contribution in [2.45, 2.75) is 0 Å². The fourth-order valence-corrected chi connectivity index (χ4v) is 1.45. The molecule has 0 spiro atoms. The van der Waals surface area contributed by atoms with Crippen molar-refractivity contribution < 1.29 is 14.9 Å². The number of pyridine rings is 1. The van der Waals surface area contributed by atoms with Crippen LogP contribution in [0.1, 0.15) is 0 Å². The van der Waals surface area contributed by atoms with Crippen LogP contribution in [0.2, 0.25) is 0 Å². The van der Waals surface area contributed by atoms with Gasteiger partial charge < -0.3 is 14.9 Å². The number of aromatic nitrogens is 1. The molecule has 0 bridgehead atoms. The number of aromatic hydroxyl groups is 2. The molecule has 1 aromatic heterocycles. The Balaban J connectivity index is 2.42. The number of hydrogen-bond donors (Lipinski definition) is 2. The topological polar surface area (TPSA) is 62.6 Å². The third kappa shape index (κ3) is 2.06. The Morgan fingerprint density at radius 2 is 1.50 bits per heavy atom. The lowest BCUT2D eigenvalue weighted by molar-refractivity contribution is 0.414. The second kappa shape index (κ2) is 4.10. The van der Waals surface area contributed by atoms with Gasteiger partial charge in [-0.1, -0.05) is 12.1 Å². The molecule has 0 fully saturated rings. The van der Waals surface area contributed by atoms with Crippen LogP contribution in [0.25, 0.3) is 11.1 Å². The Morgan fingerprint density at radius 1 is 0.938 bits per heavy atom. The summed E-state index contributed by atoms with van der Waals surface area (Å²) < 4.78 is 5.04. The minimum absolute atomic E-state index is 0.203. The fraction of sp³-hybridized carbons (Fsp3) is 0.0833. The lowest BCUT2D eigenvalue weighted by atomic mass is 10.1. The van der Waals surface area contributed by atoms with E-state index in [1.54, 1.807) is 7.11 Å². The van der Waals surface area contributed by atoms with Crippen LogP contribution in [0.3, 0.4) is 0 Å². The first kappa shape index (κ1) is 10.3. The molecule has 2 rings (SSSR count).